The minimum absolute atomic E-state index is 0.0379. The molecule has 0 amide bonds. The molecule has 0 saturated carbocycles. The van der Waals surface area contributed by atoms with Crippen LogP contribution < -0.4 is 0 Å². The average molecular weight is 172 g/mol. The molecule has 1 N–H and O–H groups in total. The Morgan fingerprint density at radius 2 is 2.25 bits per heavy atom. The van der Waals surface area contributed by atoms with Gasteiger partial charge in [0, 0.05) is 5.92 Å². The molecule has 0 aromatic heterocycles. The number of hydrogen-bond acceptors (Lipinski definition) is 3. The van der Waals surface area contributed by atoms with Crippen LogP contribution in [0, 0.1) is 5.92 Å². The molecular formula is C9H16O3. The second-order valence-corrected chi connectivity index (χ2v) is 3.42. The summed E-state index contributed by atoms with van der Waals surface area (Å²) < 4.78 is 5.00. The summed E-state index contributed by atoms with van der Waals surface area (Å²) in [6.07, 6.45) is 2.06. The van der Waals surface area contributed by atoms with Gasteiger partial charge in [-0.2, -0.15) is 0 Å². The van der Waals surface area contributed by atoms with Crippen molar-refractivity contribution in [3.63, 3.8) is 0 Å². The summed E-state index contributed by atoms with van der Waals surface area (Å²) in [5.41, 5.74) is 0. The van der Waals surface area contributed by atoms with Crippen molar-refractivity contribution < 1.29 is 14.6 Å². The normalized spacial score (nSPS) is 35.2. The van der Waals surface area contributed by atoms with Crippen LogP contribution in [0.1, 0.15) is 33.1 Å². The SMILES string of the molecule is CCCCC1OC(=O)C(O)C1C. The molecule has 70 valence electrons. The van der Waals surface area contributed by atoms with E-state index in [9.17, 15) is 9.90 Å². The van der Waals surface area contributed by atoms with Gasteiger partial charge in [0.1, 0.15) is 6.10 Å². The lowest BCUT2D eigenvalue weighted by Gasteiger charge is -2.12. The van der Waals surface area contributed by atoms with Crippen LogP contribution in [0.2, 0.25) is 0 Å². The summed E-state index contributed by atoms with van der Waals surface area (Å²) in [6.45, 7) is 3.95. The first kappa shape index (κ1) is 9.52. The van der Waals surface area contributed by atoms with Crippen molar-refractivity contribution in [1.82, 2.24) is 0 Å². The van der Waals surface area contributed by atoms with Crippen molar-refractivity contribution in [2.75, 3.05) is 0 Å². The van der Waals surface area contributed by atoms with E-state index in [2.05, 4.69) is 6.92 Å². The molecule has 3 nitrogen and oxygen atoms in total. The molecule has 1 aliphatic heterocycles. The van der Waals surface area contributed by atoms with Crippen LogP contribution in [-0.2, 0) is 9.53 Å². The van der Waals surface area contributed by atoms with Gasteiger partial charge in [0.15, 0.2) is 6.10 Å². The van der Waals surface area contributed by atoms with Crippen molar-refractivity contribution in [1.29, 1.82) is 0 Å². The van der Waals surface area contributed by atoms with Gasteiger partial charge in [-0.15, -0.1) is 0 Å². The fourth-order valence-corrected chi connectivity index (χ4v) is 1.47. The maximum atomic E-state index is 10.9. The molecule has 3 atom stereocenters. The smallest absolute Gasteiger partial charge is 0.335 e. The molecular weight excluding hydrogens is 156 g/mol. The molecule has 0 aliphatic carbocycles. The number of aliphatic hydroxyl groups excluding tert-OH is 1. The fourth-order valence-electron chi connectivity index (χ4n) is 1.47. The molecule has 1 heterocycles. The zero-order valence-electron chi connectivity index (χ0n) is 7.62. The van der Waals surface area contributed by atoms with E-state index in [1.54, 1.807) is 0 Å². The lowest BCUT2D eigenvalue weighted by atomic mass is 9.97. The highest BCUT2D eigenvalue weighted by Crippen LogP contribution is 2.25. The van der Waals surface area contributed by atoms with Gasteiger partial charge >= 0.3 is 5.97 Å². The van der Waals surface area contributed by atoms with Crippen LogP contribution in [0.3, 0.4) is 0 Å². The van der Waals surface area contributed by atoms with Gasteiger partial charge in [0.25, 0.3) is 0 Å². The van der Waals surface area contributed by atoms with E-state index in [1.165, 1.54) is 0 Å². The second-order valence-electron chi connectivity index (χ2n) is 3.42. The first-order valence-electron chi connectivity index (χ1n) is 4.55. The molecule has 0 aromatic rings. The molecule has 1 aliphatic rings. The fraction of sp³-hybridized carbons (Fsp3) is 0.889. The standard InChI is InChI=1S/C9H16O3/c1-3-4-5-7-6(2)8(10)9(11)12-7/h6-8,10H,3-5H2,1-2H3. The number of ether oxygens (including phenoxy) is 1. The maximum Gasteiger partial charge on any atom is 0.335 e. The zero-order chi connectivity index (χ0) is 9.14. The van der Waals surface area contributed by atoms with Crippen LogP contribution in [-0.4, -0.2) is 23.3 Å². The van der Waals surface area contributed by atoms with E-state index >= 15 is 0 Å². The lowest BCUT2D eigenvalue weighted by molar-refractivity contribution is -0.147. The van der Waals surface area contributed by atoms with Crippen LogP contribution in [0.15, 0.2) is 0 Å². The molecule has 0 radical (unpaired) electrons. The Balaban J connectivity index is 2.41. The van der Waals surface area contributed by atoms with Crippen molar-refractivity contribution in [2.45, 2.75) is 45.3 Å². The Hall–Kier alpha value is -0.570. The van der Waals surface area contributed by atoms with Crippen LogP contribution in [0.5, 0.6) is 0 Å². The number of unbranched alkanes of at least 4 members (excludes halogenated alkanes) is 1. The third-order valence-electron chi connectivity index (χ3n) is 2.44. The van der Waals surface area contributed by atoms with E-state index < -0.39 is 12.1 Å². The largest absolute Gasteiger partial charge is 0.460 e. The van der Waals surface area contributed by atoms with E-state index in [4.69, 9.17) is 4.74 Å². The van der Waals surface area contributed by atoms with Gasteiger partial charge in [0.2, 0.25) is 0 Å². The summed E-state index contributed by atoms with van der Waals surface area (Å²) >= 11 is 0. The molecule has 0 aromatic carbocycles. The van der Waals surface area contributed by atoms with Crippen molar-refractivity contribution >= 4 is 5.97 Å². The summed E-state index contributed by atoms with van der Waals surface area (Å²) in [6, 6.07) is 0. The average Bonchev–Trinajstić information content (AvgIpc) is 2.30. The summed E-state index contributed by atoms with van der Waals surface area (Å²) in [5, 5.41) is 9.26. The Kier molecular flexibility index (Phi) is 3.09. The number of carbonyl (C=O) groups is 1. The van der Waals surface area contributed by atoms with Gasteiger partial charge in [-0.1, -0.05) is 26.7 Å². The Bertz CT molecular complexity index is 167. The molecule has 1 fully saturated rings. The first-order chi connectivity index (χ1) is 5.66. The van der Waals surface area contributed by atoms with Crippen LogP contribution in [0.25, 0.3) is 0 Å². The van der Waals surface area contributed by atoms with Gasteiger partial charge < -0.3 is 9.84 Å². The predicted molar refractivity (Wildman–Crippen MR) is 44.6 cm³/mol. The number of esters is 1. The highest BCUT2D eigenvalue weighted by molar-refractivity contribution is 5.77. The van der Waals surface area contributed by atoms with Crippen LogP contribution in [0.4, 0.5) is 0 Å². The number of carbonyl (C=O) groups excluding carboxylic acids is 1. The van der Waals surface area contributed by atoms with Crippen molar-refractivity contribution in [2.24, 2.45) is 5.92 Å². The highest BCUT2D eigenvalue weighted by Gasteiger charge is 2.39. The topological polar surface area (TPSA) is 46.5 Å². The van der Waals surface area contributed by atoms with Gasteiger partial charge in [-0.05, 0) is 6.42 Å². The number of rotatable bonds is 3. The minimum atomic E-state index is -0.896. The number of hydrogen-bond donors (Lipinski definition) is 1. The zero-order valence-corrected chi connectivity index (χ0v) is 7.62. The third-order valence-corrected chi connectivity index (χ3v) is 2.44. The van der Waals surface area contributed by atoms with E-state index in [0.717, 1.165) is 19.3 Å². The highest BCUT2D eigenvalue weighted by atomic mass is 16.6. The first-order valence-corrected chi connectivity index (χ1v) is 4.55. The number of cyclic esters (lactones) is 1. The second kappa shape index (κ2) is 3.90. The quantitative estimate of drug-likeness (QED) is 0.648. The van der Waals surface area contributed by atoms with E-state index in [0.29, 0.717) is 0 Å². The molecule has 0 bridgehead atoms. The van der Waals surface area contributed by atoms with Crippen molar-refractivity contribution in [3.8, 4) is 0 Å². The van der Waals surface area contributed by atoms with E-state index in [1.807, 2.05) is 6.92 Å². The number of aliphatic hydroxyl groups is 1. The van der Waals surface area contributed by atoms with Crippen molar-refractivity contribution in [3.05, 3.63) is 0 Å². The van der Waals surface area contributed by atoms with Gasteiger partial charge in [-0.3, -0.25) is 0 Å². The molecule has 1 saturated heterocycles. The predicted octanol–water partition coefficient (Wildman–Crippen LogP) is 1.10. The molecule has 3 unspecified atom stereocenters. The van der Waals surface area contributed by atoms with Gasteiger partial charge in [-0.25, -0.2) is 4.79 Å². The van der Waals surface area contributed by atoms with Crippen LogP contribution >= 0.6 is 0 Å². The minimum Gasteiger partial charge on any atom is -0.460 e. The lowest BCUT2D eigenvalue weighted by Crippen LogP contribution is -2.22. The van der Waals surface area contributed by atoms with Gasteiger partial charge in [0.05, 0.1) is 0 Å². The van der Waals surface area contributed by atoms with E-state index in [-0.39, 0.29) is 12.0 Å². The monoisotopic (exact) mass is 172 g/mol. The maximum absolute atomic E-state index is 10.9. The Morgan fingerprint density at radius 1 is 1.58 bits per heavy atom. The Morgan fingerprint density at radius 3 is 2.67 bits per heavy atom. The molecule has 12 heavy (non-hydrogen) atoms. The Labute approximate surface area is 72.7 Å². The molecule has 3 heteroatoms. The summed E-state index contributed by atoms with van der Waals surface area (Å²) in [5.74, 6) is -0.493. The summed E-state index contributed by atoms with van der Waals surface area (Å²) in [4.78, 5) is 10.9. The summed E-state index contributed by atoms with van der Waals surface area (Å²) in [7, 11) is 0. The molecule has 1 rings (SSSR count). The molecule has 0 spiro atoms. The third kappa shape index (κ3) is 1.78.